The van der Waals surface area contributed by atoms with Crippen molar-refractivity contribution < 1.29 is 9.53 Å². The fraction of sp³-hybridized carbons (Fsp3) is 0.182. The number of rotatable bonds is 5. The number of nitrogens with one attached hydrogen (secondary N) is 2. The number of hydrogen-bond acceptors (Lipinski definition) is 5. The Balaban J connectivity index is 1.90. The molecule has 3 heterocycles. The van der Waals surface area contributed by atoms with Gasteiger partial charge < -0.3 is 14.6 Å². The van der Waals surface area contributed by atoms with E-state index in [0.717, 1.165) is 11.3 Å². The van der Waals surface area contributed by atoms with Crippen LogP contribution in [0.5, 0.6) is 5.75 Å². The molecule has 0 radical (unpaired) electrons. The number of aryl methyl sites for hydroxylation is 2. The Labute approximate surface area is 171 Å². The molecule has 8 heteroatoms. The molecule has 0 saturated carbocycles. The third-order valence-electron chi connectivity index (χ3n) is 5.07. The maximum Gasteiger partial charge on any atom is 0.267 e. The molecular weight excluding hydrogens is 382 g/mol. The van der Waals surface area contributed by atoms with Crippen molar-refractivity contribution in [1.82, 2.24) is 19.3 Å². The molecule has 0 bridgehead atoms. The summed E-state index contributed by atoms with van der Waals surface area (Å²) >= 11 is 0. The molecule has 8 nitrogen and oxygen atoms in total. The van der Waals surface area contributed by atoms with Gasteiger partial charge in [0.2, 0.25) is 0 Å². The van der Waals surface area contributed by atoms with Crippen molar-refractivity contribution in [3.8, 4) is 5.75 Å². The van der Waals surface area contributed by atoms with Crippen LogP contribution in [0.25, 0.3) is 16.7 Å². The maximum atomic E-state index is 13.1. The molecule has 0 aliphatic rings. The van der Waals surface area contributed by atoms with E-state index in [1.807, 2.05) is 24.3 Å². The molecule has 0 spiro atoms. The highest BCUT2D eigenvalue weighted by Gasteiger charge is 2.16. The Morgan fingerprint density at radius 1 is 1.20 bits per heavy atom. The third kappa shape index (κ3) is 3.32. The van der Waals surface area contributed by atoms with Gasteiger partial charge >= 0.3 is 0 Å². The third-order valence-corrected chi connectivity index (χ3v) is 5.07. The van der Waals surface area contributed by atoms with Gasteiger partial charge in [0.05, 0.1) is 18.1 Å². The molecule has 30 heavy (non-hydrogen) atoms. The van der Waals surface area contributed by atoms with Crippen molar-refractivity contribution in [2.24, 2.45) is 0 Å². The van der Waals surface area contributed by atoms with Crippen molar-refractivity contribution in [2.45, 2.75) is 13.0 Å². The van der Waals surface area contributed by atoms with Crippen molar-refractivity contribution in [3.05, 3.63) is 81.7 Å². The zero-order valence-corrected chi connectivity index (χ0v) is 16.7. The van der Waals surface area contributed by atoms with E-state index < -0.39 is 5.91 Å². The minimum atomic E-state index is -0.419. The summed E-state index contributed by atoms with van der Waals surface area (Å²) in [7, 11) is 3.11. The van der Waals surface area contributed by atoms with E-state index in [-0.39, 0.29) is 16.6 Å². The van der Waals surface area contributed by atoms with Crippen LogP contribution in [0.3, 0.4) is 0 Å². The Bertz CT molecular complexity index is 1370. The quantitative estimate of drug-likeness (QED) is 0.496. The molecular formula is C22H21N5O3. The molecule has 3 aromatic heterocycles. The first-order chi connectivity index (χ1) is 14.5. The van der Waals surface area contributed by atoms with Gasteiger partial charge in [0.25, 0.3) is 11.5 Å². The molecule has 152 valence electrons. The Morgan fingerprint density at radius 3 is 2.67 bits per heavy atom. The second-order valence-corrected chi connectivity index (χ2v) is 6.82. The number of aromatic nitrogens is 3. The van der Waals surface area contributed by atoms with Crippen molar-refractivity contribution in [1.29, 1.82) is 5.41 Å². The molecule has 0 unspecified atom stereocenters. The van der Waals surface area contributed by atoms with Gasteiger partial charge in [-0.3, -0.25) is 19.4 Å². The van der Waals surface area contributed by atoms with E-state index in [1.165, 1.54) is 17.5 Å². The van der Waals surface area contributed by atoms with Gasteiger partial charge in [-0.05, 0) is 42.3 Å². The monoisotopic (exact) mass is 403 g/mol. The Kier molecular flexibility index (Phi) is 5.05. The van der Waals surface area contributed by atoms with Gasteiger partial charge in [-0.1, -0.05) is 18.2 Å². The average molecular weight is 403 g/mol. The number of carbonyl (C=O) groups is 1. The zero-order valence-electron chi connectivity index (χ0n) is 16.7. The van der Waals surface area contributed by atoms with Gasteiger partial charge in [0, 0.05) is 19.8 Å². The SMILES string of the molecule is CNC(=O)c1cc2c(=O)n3ccccc3nc2n(CCc2ccc(OC)cc2)c1=N. The first-order valence-corrected chi connectivity index (χ1v) is 9.48. The first-order valence-electron chi connectivity index (χ1n) is 9.48. The lowest BCUT2D eigenvalue weighted by atomic mass is 10.1. The van der Waals surface area contributed by atoms with Crippen LogP contribution in [0.15, 0.2) is 59.5 Å². The summed E-state index contributed by atoms with van der Waals surface area (Å²) in [6, 6.07) is 14.4. The average Bonchev–Trinajstić information content (AvgIpc) is 2.78. The second-order valence-electron chi connectivity index (χ2n) is 6.82. The van der Waals surface area contributed by atoms with E-state index in [4.69, 9.17) is 10.1 Å². The van der Waals surface area contributed by atoms with E-state index in [1.54, 1.807) is 36.1 Å². The van der Waals surface area contributed by atoms with Crippen LogP contribution in [0.1, 0.15) is 15.9 Å². The highest BCUT2D eigenvalue weighted by Crippen LogP contribution is 2.14. The van der Waals surface area contributed by atoms with Crippen LogP contribution in [0, 0.1) is 5.41 Å². The first kappa shape index (κ1) is 19.4. The van der Waals surface area contributed by atoms with Crippen molar-refractivity contribution >= 4 is 22.6 Å². The van der Waals surface area contributed by atoms with Crippen LogP contribution < -0.4 is 21.1 Å². The molecule has 0 aliphatic heterocycles. The Morgan fingerprint density at radius 2 is 1.97 bits per heavy atom. The number of pyridine rings is 2. The minimum Gasteiger partial charge on any atom is -0.497 e. The number of benzene rings is 1. The molecule has 0 fully saturated rings. The zero-order chi connectivity index (χ0) is 21.3. The summed E-state index contributed by atoms with van der Waals surface area (Å²) in [6.07, 6.45) is 2.24. The summed E-state index contributed by atoms with van der Waals surface area (Å²) in [4.78, 5) is 30.0. The molecule has 0 aliphatic carbocycles. The van der Waals surface area contributed by atoms with Crippen molar-refractivity contribution in [2.75, 3.05) is 14.2 Å². The lowest BCUT2D eigenvalue weighted by Crippen LogP contribution is -2.34. The molecule has 0 saturated heterocycles. The number of hydrogen-bond donors (Lipinski definition) is 2. The molecule has 1 amide bonds. The number of amides is 1. The molecule has 4 rings (SSSR count). The lowest BCUT2D eigenvalue weighted by Gasteiger charge is -2.14. The largest absolute Gasteiger partial charge is 0.497 e. The highest BCUT2D eigenvalue weighted by atomic mass is 16.5. The predicted octanol–water partition coefficient (Wildman–Crippen LogP) is 1.74. The minimum absolute atomic E-state index is 0.0162. The predicted molar refractivity (Wildman–Crippen MR) is 113 cm³/mol. The Hall–Kier alpha value is -3.94. The summed E-state index contributed by atoms with van der Waals surface area (Å²) in [5, 5.41) is 11.4. The van der Waals surface area contributed by atoms with Crippen LogP contribution in [0.4, 0.5) is 0 Å². The van der Waals surface area contributed by atoms with Crippen LogP contribution in [-0.2, 0) is 13.0 Å². The van der Waals surface area contributed by atoms with E-state index in [9.17, 15) is 9.59 Å². The van der Waals surface area contributed by atoms with Gasteiger partial charge in [0.1, 0.15) is 22.5 Å². The number of fused-ring (bicyclic) bond motifs is 2. The smallest absolute Gasteiger partial charge is 0.267 e. The lowest BCUT2D eigenvalue weighted by molar-refractivity contribution is 0.0960. The second kappa shape index (κ2) is 7.82. The fourth-order valence-corrected chi connectivity index (χ4v) is 3.45. The number of ether oxygens (including phenoxy) is 1. The number of nitrogens with zero attached hydrogens (tertiary/aromatic N) is 3. The van der Waals surface area contributed by atoms with E-state index >= 15 is 0 Å². The summed E-state index contributed by atoms with van der Waals surface area (Å²) in [6.45, 7) is 0.391. The van der Waals surface area contributed by atoms with Gasteiger partial charge in [0.15, 0.2) is 0 Å². The van der Waals surface area contributed by atoms with Crippen LogP contribution in [0.2, 0.25) is 0 Å². The van der Waals surface area contributed by atoms with Crippen molar-refractivity contribution in [3.63, 3.8) is 0 Å². The van der Waals surface area contributed by atoms with E-state index in [0.29, 0.717) is 29.6 Å². The number of methoxy groups -OCH3 is 1. The summed E-state index contributed by atoms with van der Waals surface area (Å²) < 4.78 is 8.25. The standard InChI is InChI=1S/C22H21N5O3/c1-24-21(28)16-13-17-20(25-18-5-3-4-11-26(18)22(17)29)27(19(16)23)12-10-14-6-8-15(30-2)9-7-14/h3-9,11,13,23H,10,12H2,1-2H3,(H,24,28). The molecule has 2 N–H and O–H groups in total. The fourth-order valence-electron chi connectivity index (χ4n) is 3.45. The normalized spacial score (nSPS) is 11.0. The van der Waals surface area contributed by atoms with Gasteiger partial charge in [-0.25, -0.2) is 4.98 Å². The van der Waals surface area contributed by atoms with Crippen LogP contribution >= 0.6 is 0 Å². The molecule has 0 atom stereocenters. The van der Waals surface area contributed by atoms with Gasteiger partial charge in [-0.2, -0.15) is 0 Å². The molecule has 1 aromatic carbocycles. The van der Waals surface area contributed by atoms with Crippen LogP contribution in [-0.4, -0.2) is 34.0 Å². The maximum absolute atomic E-state index is 13.1. The summed E-state index contributed by atoms with van der Waals surface area (Å²) in [5.41, 5.74) is 1.78. The summed E-state index contributed by atoms with van der Waals surface area (Å²) in [5.74, 6) is 0.346. The topological polar surface area (TPSA) is 101 Å². The molecule has 4 aromatic rings. The highest BCUT2D eigenvalue weighted by molar-refractivity contribution is 5.96. The number of carbonyl (C=O) groups excluding carboxylic acids is 1. The van der Waals surface area contributed by atoms with Gasteiger partial charge in [-0.15, -0.1) is 0 Å². The van der Waals surface area contributed by atoms with E-state index in [2.05, 4.69) is 10.3 Å².